The van der Waals surface area contributed by atoms with Gasteiger partial charge in [-0.15, -0.1) is 0 Å². The third-order valence-corrected chi connectivity index (χ3v) is 5.45. The summed E-state index contributed by atoms with van der Waals surface area (Å²) in [5, 5.41) is 0. The highest BCUT2D eigenvalue weighted by Crippen LogP contribution is 2.35. The summed E-state index contributed by atoms with van der Waals surface area (Å²) in [6, 6.07) is 19.9. The van der Waals surface area contributed by atoms with Crippen LogP contribution in [0.5, 0.6) is 0 Å². The lowest BCUT2D eigenvalue weighted by atomic mass is 9.94. The molecule has 0 saturated carbocycles. The first kappa shape index (κ1) is 25.4. The van der Waals surface area contributed by atoms with Gasteiger partial charge in [-0.2, -0.15) is 0 Å². The maximum atomic E-state index is 16.3. The molecular weight excluding hydrogens is 395 g/mol. The molecule has 0 aromatic heterocycles. The second-order valence-corrected chi connectivity index (χ2v) is 8.15. The first-order valence-corrected chi connectivity index (χ1v) is 10.9. The van der Waals surface area contributed by atoms with Crippen LogP contribution in [-0.2, 0) is 27.3 Å². The van der Waals surface area contributed by atoms with Gasteiger partial charge in [0.2, 0.25) is 0 Å². The van der Waals surface area contributed by atoms with Crippen LogP contribution in [0, 0.1) is 0 Å². The Labute approximate surface area is 186 Å². The van der Waals surface area contributed by atoms with Crippen molar-refractivity contribution in [3.63, 3.8) is 0 Å². The molecule has 6 heteroatoms. The van der Waals surface area contributed by atoms with Gasteiger partial charge in [0.15, 0.2) is 5.79 Å². The molecule has 2 rings (SSSR count). The molecule has 0 radical (unpaired) electrons. The molecule has 31 heavy (non-hydrogen) atoms. The van der Waals surface area contributed by atoms with Crippen molar-refractivity contribution in [1.29, 1.82) is 0 Å². The van der Waals surface area contributed by atoms with E-state index in [1.165, 1.54) is 0 Å². The highest BCUT2D eigenvalue weighted by molar-refractivity contribution is 5.18. The minimum atomic E-state index is -1.72. The summed E-state index contributed by atoms with van der Waals surface area (Å²) in [5.74, 6) is -1.72. The highest BCUT2D eigenvalue weighted by atomic mass is 19.1. The molecule has 2 aromatic carbocycles. The molecular formula is C25H37FN2O3. The molecule has 0 spiro atoms. The number of ether oxygens (including phenoxy) is 3. The van der Waals surface area contributed by atoms with E-state index in [9.17, 15) is 0 Å². The number of benzene rings is 2. The largest absolute Gasteiger partial charge is 0.378 e. The van der Waals surface area contributed by atoms with Crippen LogP contribution < -0.4 is 5.73 Å². The zero-order valence-corrected chi connectivity index (χ0v) is 19.1. The quantitative estimate of drug-likeness (QED) is 0.338. The molecule has 172 valence electrons. The topological polar surface area (TPSA) is 57.0 Å². The van der Waals surface area contributed by atoms with Crippen LogP contribution in [0.4, 0.5) is 4.39 Å². The Morgan fingerprint density at radius 2 is 1.19 bits per heavy atom. The summed E-state index contributed by atoms with van der Waals surface area (Å²) >= 11 is 0. The van der Waals surface area contributed by atoms with Crippen LogP contribution in [0.15, 0.2) is 60.7 Å². The molecule has 0 aliphatic rings. The summed E-state index contributed by atoms with van der Waals surface area (Å²) in [4.78, 5) is 1.83. The van der Waals surface area contributed by atoms with Gasteiger partial charge in [0, 0.05) is 19.6 Å². The Morgan fingerprint density at radius 1 is 0.742 bits per heavy atom. The smallest absolute Gasteiger partial charge is 0.190 e. The standard InChI is InChI=1S/C25H37FN2O3/c1-24(2,31-19-18-30-17-16-29-15-14-27)25(3,26)28(20-22-10-6-4-7-11-22)21-23-12-8-5-9-13-23/h4-13H,14-21,27H2,1-3H3. The van der Waals surface area contributed by atoms with Crippen LogP contribution >= 0.6 is 0 Å². The van der Waals surface area contributed by atoms with Gasteiger partial charge >= 0.3 is 0 Å². The molecule has 0 amide bonds. The van der Waals surface area contributed by atoms with Gasteiger partial charge in [0.1, 0.15) is 5.60 Å². The average Bonchev–Trinajstić information content (AvgIpc) is 2.76. The fourth-order valence-electron chi connectivity index (χ4n) is 3.23. The van der Waals surface area contributed by atoms with Crippen LogP contribution in [0.25, 0.3) is 0 Å². The van der Waals surface area contributed by atoms with Crippen LogP contribution in [0.3, 0.4) is 0 Å². The second kappa shape index (κ2) is 12.9. The van der Waals surface area contributed by atoms with E-state index >= 15 is 4.39 Å². The summed E-state index contributed by atoms with van der Waals surface area (Å²) < 4.78 is 33.1. The van der Waals surface area contributed by atoms with Crippen molar-refractivity contribution in [3.05, 3.63) is 71.8 Å². The minimum absolute atomic E-state index is 0.300. The first-order chi connectivity index (χ1) is 14.9. The maximum Gasteiger partial charge on any atom is 0.190 e. The Bertz CT molecular complexity index is 685. The van der Waals surface area contributed by atoms with Gasteiger partial charge in [-0.1, -0.05) is 60.7 Å². The monoisotopic (exact) mass is 432 g/mol. The summed E-state index contributed by atoms with van der Waals surface area (Å²) in [6.45, 7) is 8.78. The number of hydrogen-bond acceptors (Lipinski definition) is 5. The van der Waals surface area contributed by atoms with Crippen molar-refractivity contribution in [2.45, 2.75) is 45.3 Å². The minimum Gasteiger partial charge on any atom is -0.378 e. The molecule has 0 aliphatic heterocycles. The second-order valence-electron chi connectivity index (χ2n) is 8.15. The number of alkyl halides is 1. The number of rotatable bonds is 15. The zero-order chi connectivity index (χ0) is 22.6. The molecule has 1 unspecified atom stereocenters. The van der Waals surface area contributed by atoms with Crippen LogP contribution in [0.2, 0.25) is 0 Å². The lowest BCUT2D eigenvalue weighted by Crippen LogP contribution is -2.57. The van der Waals surface area contributed by atoms with E-state index in [4.69, 9.17) is 19.9 Å². The van der Waals surface area contributed by atoms with E-state index < -0.39 is 11.4 Å². The molecule has 0 heterocycles. The molecule has 0 fully saturated rings. The fourth-order valence-corrected chi connectivity index (χ4v) is 3.23. The Kier molecular flexibility index (Phi) is 10.6. The Balaban J connectivity index is 2.00. The highest BCUT2D eigenvalue weighted by Gasteiger charge is 2.47. The zero-order valence-electron chi connectivity index (χ0n) is 19.1. The van der Waals surface area contributed by atoms with E-state index in [2.05, 4.69) is 0 Å². The van der Waals surface area contributed by atoms with E-state index in [-0.39, 0.29) is 0 Å². The van der Waals surface area contributed by atoms with Gasteiger partial charge in [0.05, 0.1) is 33.0 Å². The van der Waals surface area contributed by atoms with Gasteiger partial charge in [0.25, 0.3) is 0 Å². The number of nitrogens with two attached hydrogens (primary N) is 1. The van der Waals surface area contributed by atoms with E-state index in [0.29, 0.717) is 52.7 Å². The summed E-state index contributed by atoms with van der Waals surface area (Å²) in [6.07, 6.45) is 0. The maximum absolute atomic E-state index is 16.3. The van der Waals surface area contributed by atoms with Crippen molar-refractivity contribution in [2.24, 2.45) is 5.73 Å². The van der Waals surface area contributed by atoms with E-state index in [1.54, 1.807) is 20.8 Å². The third-order valence-electron chi connectivity index (χ3n) is 5.45. The number of hydrogen-bond donors (Lipinski definition) is 1. The molecule has 0 aliphatic carbocycles. The average molecular weight is 433 g/mol. The van der Waals surface area contributed by atoms with Crippen LogP contribution in [-0.4, -0.2) is 55.9 Å². The molecule has 2 N–H and O–H groups in total. The van der Waals surface area contributed by atoms with Crippen molar-refractivity contribution < 1.29 is 18.6 Å². The predicted octanol–water partition coefficient (Wildman–Crippen LogP) is 4.16. The van der Waals surface area contributed by atoms with Crippen molar-refractivity contribution in [1.82, 2.24) is 4.90 Å². The molecule has 0 bridgehead atoms. The summed E-state index contributed by atoms with van der Waals surface area (Å²) in [5.41, 5.74) is 6.44. The Morgan fingerprint density at radius 3 is 1.68 bits per heavy atom. The first-order valence-electron chi connectivity index (χ1n) is 10.9. The Hall–Kier alpha value is -1.83. The fraction of sp³-hybridized carbons (Fsp3) is 0.520. The van der Waals surface area contributed by atoms with Gasteiger partial charge in [-0.25, -0.2) is 4.39 Å². The van der Waals surface area contributed by atoms with Crippen LogP contribution in [0.1, 0.15) is 31.9 Å². The van der Waals surface area contributed by atoms with Gasteiger partial charge in [-0.3, -0.25) is 4.90 Å². The van der Waals surface area contributed by atoms with E-state index in [1.807, 2.05) is 65.6 Å². The lowest BCUT2D eigenvalue weighted by molar-refractivity contribution is -0.199. The summed E-state index contributed by atoms with van der Waals surface area (Å²) in [7, 11) is 0. The van der Waals surface area contributed by atoms with Crippen molar-refractivity contribution in [2.75, 3.05) is 39.6 Å². The molecule has 1 atom stereocenters. The lowest BCUT2D eigenvalue weighted by Gasteiger charge is -2.45. The normalized spacial score (nSPS) is 14.0. The number of nitrogens with zero attached hydrogens (tertiary/aromatic N) is 1. The van der Waals surface area contributed by atoms with Gasteiger partial charge < -0.3 is 19.9 Å². The third kappa shape index (κ3) is 8.31. The van der Waals surface area contributed by atoms with Gasteiger partial charge in [-0.05, 0) is 31.9 Å². The van der Waals surface area contributed by atoms with Crippen molar-refractivity contribution >= 4 is 0 Å². The SMILES string of the molecule is CC(C)(OCCOCCOCCN)C(C)(F)N(Cc1ccccc1)Cc1ccccc1. The van der Waals surface area contributed by atoms with Crippen molar-refractivity contribution in [3.8, 4) is 0 Å². The predicted molar refractivity (Wildman–Crippen MR) is 122 cm³/mol. The van der Waals surface area contributed by atoms with E-state index in [0.717, 1.165) is 11.1 Å². The molecule has 5 nitrogen and oxygen atoms in total. The molecule has 2 aromatic rings. The number of halogens is 1. The molecule has 0 saturated heterocycles.